The van der Waals surface area contributed by atoms with Crippen LogP contribution < -0.4 is 4.74 Å². The zero-order chi connectivity index (χ0) is 16.3. The molecule has 2 rings (SSSR count). The van der Waals surface area contributed by atoms with Crippen molar-refractivity contribution < 1.29 is 24.2 Å². The topological polar surface area (TPSA) is 89.0 Å². The number of carbonyl (C=O) groups excluding carboxylic acids is 1. The second-order valence-corrected chi connectivity index (χ2v) is 6.12. The van der Waals surface area contributed by atoms with Gasteiger partial charge < -0.3 is 19.5 Å². The molecule has 1 amide bonds. The average molecular weight is 308 g/mol. The van der Waals surface area contributed by atoms with E-state index in [1.807, 2.05) is 20.8 Å². The van der Waals surface area contributed by atoms with E-state index in [2.05, 4.69) is 4.98 Å². The van der Waals surface area contributed by atoms with Crippen molar-refractivity contribution in [3.8, 4) is 5.88 Å². The molecule has 0 saturated carbocycles. The normalized spacial score (nSPS) is 18.1. The van der Waals surface area contributed by atoms with Crippen LogP contribution in [0.25, 0.3) is 0 Å². The van der Waals surface area contributed by atoms with E-state index in [0.717, 1.165) is 0 Å². The summed E-state index contributed by atoms with van der Waals surface area (Å²) in [5.41, 5.74) is -0.536. The van der Waals surface area contributed by atoms with Gasteiger partial charge in [-0.25, -0.2) is 14.6 Å². The number of hydrogen-bond donors (Lipinski definition) is 1. The van der Waals surface area contributed by atoms with E-state index < -0.39 is 17.7 Å². The molecule has 1 aliphatic rings. The van der Waals surface area contributed by atoms with Crippen molar-refractivity contribution >= 4 is 12.1 Å². The van der Waals surface area contributed by atoms with Gasteiger partial charge in [-0.05, 0) is 32.9 Å². The smallest absolute Gasteiger partial charge is 0.410 e. The number of carboxylic acids is 1. The Morgan fingerprint density at radius 3 is 2.77 bits per heavy atom. The van der Waals surface area contributed by atoms with Gasteiger partial charge in [-0.15, -0.1) is 0 Å². The molecular weight excluding hydrogens is 288 g/mol. The highest BCUT2D eigenvalue weighted by Gasteiger charge is 2.31. The molecule has 7 heteroatoms. The van der Waals surface area contributed by atoms with E-state index in [-0.39, 0.29) is 17.5 Å². The van der Waals surface area contributed by atoms with E-state index in [1.54, 1.807) is 4.90 Å². The Kier molecular flexibility index (Phi) is 4.54. The molecule has 0 radical (unpaired) electrons. The number of ether oxygens (including phenoxy) is 2. The quantitative estimate of drug-likeness (QED) is 0.920. The maximum atomic E-state index is 12.0. The lowest BCUT2D eigenvalue weighted by atomic mass is 10.2. The Labute approximate surface area is 128 Å². The Hall–Kier alpha value is -2.31. The largest absolute Gasteiger partial charge is 0.477 e. The minimum Gasteiger partial charge on any atom is -0.477 e. The molecule has 7 nitrogen and oxygen atoms in total. The number of carboxylic acid groups (broad SMARTS) is 1. The van der Waals surface area contributed by atoms with Crippen molar-refractivity contribution in [2.75, 3.05) is 13.1 Å². The lowest BCUT2D eigenvalue weighted by Gasteiger charge is -2.24. The van der Waals surface area contributed by atoms with Crippen molar-refractivity contribution in [1.82, 2.24) is 9.88 Å². The van der Waals surface area contributed by atoms with Gasteiger partial charge in [-0.2, -0.15) is 0 Å². The second kappa shape index (κ2) is 6.21. The molecule has 0 bridgehead atoms. The third-order valence-electron chi connectivity index (χ3n) is 3.08. The molecule has 0 aromatic carbocycles. The SMILES string of the molecule is CC(C)(C)OC(=O)N1CC[C@@H](Oc2ncccc2C(=O)O)C1. The van der Waals surface area contributed by atoms with E-state index in [9.17, 15) is 9.59 Å². The number of pyridine rings is 1. The van der Waals surface area contributed by atoms with E-state index in [0.29, 0.717) is 19.5 Å². The summed E-state index contributed by atoms with van der Waals surface area (Å²) in [6.45, 7) is 6.28. The molecule has 120 valence electrons. The van der Waals surface area contributed by atoms with Crippen LogP contribution in [0.3, 0.4) is 0 Å². The van der Waals surface area contributed by atoms with Crippen molar-refractivity contribution in [3.05, 3.63) is 23.9 Å². The molecule has 2 heterocycles. The highest BCUT2D eigenvalue weighted by molar-refractivity contribution is 5.90. The first-order valence-electron chi connectivity index (χ1n) is 7.09. The van der Waals surface area contributed by atoms with Crippen molar-refractivity contribution in [1.29, 1.82) is 0 Å². The molecule has 1 N–H and O–H groups in total. The summed E-state index contributed by atoms with van der Waals surface area (Å²) >= 11 is 0. The minimum atomic E-state index is -1.09. The van der Waals surface area contributed by atoms with E-state index >= 15 is 0 Å². The van der Waals surface area contributed by atoms with Gasteiger partial charge in [-0.1, -0.05) is 0 Å². The third kappa shape index (κ3) is 4.09. The summed E-state index contributed by atoms with van der Waals surface area (Å²) in [6, 6.07) is 2.98. The number of nitrogens with zero attached hydrogens (tertiary/aromatic N) is 2. The van der Waals surface area contributed by atoms with Crippen LogP contribution in [0.4, 0.5) is 4.79 Å². The monoisotopic (exact) mass is 308 g/mol. The molecule has 1 atom stereocenters. The van der Waals surface area contributed by atoms with Crippen molar-refractivity contribution in [2.24, 2.45) is 0 Å². The van der Waals surface area contributed by atoms with Gasteiger partial charge in [0.25, 0.3) is 0 Å². The average Bonchev–Trinajstić information content (AvgIpc) is 2.86. The van der Waals surface area contributed by atoms with Crippen molar-refractivity contribution in [3.63, 3.8) is 0 Å². The predicted molar refractivity (Wildman–Crippen MR) is 78.0 cm³/mol. The summed E-state index contributed by atoms with van der Waals surface area (Å²) in [5, 5.41) is 9.10. The van der Waals surface area contributed by atoms with Crippen LogP contribution in [0.5, 0.6) is 5.88 Å². The number of carbonyl (C=O) groups is 2. The van der Waals surface area contributed by atoms with Gasteiger partial charge >= 0.3 is 12.1 Å². The van der Waals surface area contributed by atoms with Crippen LogP contribution in [0.15, 0.2) is 18.3 Å². The predicted octanol–water partition coefficient (Wildman–Crippen LogP) is 2.17. The summed E-state index contributed by atoms with van der Waals surface area (Å²) in [7, 11) is 0. The van der Waals surface area contributed by atoms with Crippen molar-refractivity contribution in [2.45, 2.75) is 38.9 Å². The number of aromatic nitrogens is 1. The lowest BCUT2D eigenvalue weighted by Crippen LogP contribution is -2.36. The lowest BCUT2D eigenvalue weighted by molar-refractivity contribution is 0.0273. The zero-order valence-corrected chi connectivity index (χ0v) is 12.9. The minimum absolute atomic E-state index is 0.0122. The van der Waals surface area contributed by atoms with E-state index in [4.69, 9.17) is 14.6 Å². The first-order chi connectivity index (χ1) is 10.3. The molecule has 1 aliphatic heterocycles. The molecule has 1 aromatic heterocycles. The van der Waals surface area contributed by atoms with Crippen LogP contribution >= 0.6 is 0 Å². The number of amides is 1. The Morgan fingerprint density at radius 2 is 2.14 bits per heavy atom. The summed E-state index contributed by atoms with van der Waals surface area (Å²) in [6.07, 6.45) is 1.40. The Bertz CT molecular complexity index is 567. The number of aromatic carboxylic acids is 1. The van der Waals surface area contributed by atoms with Crippen LogP contribution in [0.1, 0.15) is 37.6 Å². The van der Waals surface area contributed by atoms with Crippen LogP contribution in [-0.2, 0) is 4.74 Å². The maximum Gasteiger partial charge on any atom is 0.410 e. The fourth-order valence-corrected chi connectivity index (χ4v) is 2.12. The molecule has 0 spiro atoms. The maximum absolute atomic E-state index is 12.0. The van der Waals surface area contributed by atoms with Gasteiger partial charge in [0.2, 0.25) is 5.88 Å². The standard InChI is InChI=1S/C15H20N2O5/c1-15(2,3)22-14(20)17-8-6-10(9-17)21-12-11(13(18)19)5-4-7-16-12/h4-5,7,10H,6,8-9H2,1-3H3,(H,18,19)/t10-/m1/s1. The molecule has 0 unspecified atom stereocenters. The molecule has 1 saturated heterocycles. The van der Waals surface area contributed by atoms with Gasteiger partial charge in [0.1, 0.15) is 17.3 Å². The summed E-state index contributed by atoms with van der Waals surface area (Å²) in [5.74, 6) is -1.02. The van der Waals surface area contributed by atoms with Gasteiger partial charge in [-0.3, -0.25) is 0 Å². The van der Waals surface area contributed by atoms with Gasteiger partial charge in [0, 0.05) is 19.2 Å². The first-order valence-corrected chi connectivity index (χ1v) is 7.09. The fraction of sp³-hybridized carbons (Fsp3) is 0.533. The second-order valence-electron chi connectivity index (χ2n) is 6.12. The summed E-state index contributed by atoms with van der Waals surface area (Å²) < 4.78 is 10.9. The molecular formula is C15H20N2O5. The van der Waals surface area contributed by atoms with E-state index in [1.165, 1.54) is 18.3 Å². The van der Waals surface area contributed by atoms with Crippen LogP contribution in [0.2, 0.25) is 0 Å². The highest BCUT2D eigenvalue weighted by atomic mass is 16.6. The summed E-state index contributed by atoms with van der Waals surface area (Å²) in [4.78, 5) is 28.6. The third-order valence-corrected chi connectivity index (χ3v) is 3.08. The van der Waals surface area contributed by atoms with Gasteiger partial charge in [0.05, 0.1) is 6.54 Å². The molecule has 22 heavy (non-hydrogen) atoms. The van der Waals surface area contributed by atoms with Crippen LogP contribution in [-0.4, -0.2) is 51.8 Å². The Balaban J connectivity index is 1.97. The molecule has 0 aliphatic carbocycles. The molecule has 1 aromatic rings. The highest BCUT2D eigenvalue weighted by Crippen LogP contribution is 2.21. The molecule has 1 fully saturated rings. The Morgan fingerprint density at radius 1 is 1.41 bits per heavy atom. The number of rotatable bonds is 3. The number of hydrogen-bond acceptors (Lipinski definition) is 5. The number of likely N-dealkylation sites (tertiary alicyclic amines) is 1. The first kappa shape index (κ1) is 16.1. The van der Waals surface area contributed by atoms with Crippen LogP contribution in [0, 0.1) is 0 Å². The fourth-order valence-electron chi connectivity index (χ4n) is 2.12. The zero-order valence-electron chi connectivity index (χ0n) is 12.9. The van der Waals surface area contributed by atoms with Gasteiger partial charge in [0.15, 0.2) is 0 Å².